The molecular weight excluding hydrogens is 492 g/mol. The van der Waals surface area contributed by atoms with Crippen molar-refractivity contribution in [1.82, 2.24) is 19.9 Å². The van der Waals surface area contributed by atoms with Gasteiger partial charge in [0.05, 0.1) is 5.69 Å². The summed E-state index contributed by atoms with van der Waals surface area (Å²) in [6.07, 6.45) is 16.7. The number of unbranched alkanes of at least 4 members (excludes halogenated alkanes) is 4. The third-order valence-corrected chi connectivity index (χ3v) is 7.61. The van der Waals surface area contributed by atoms with Crippen LogP contribution in [0.25, 0.3) is 12.2 Å². The normalized spacial score (nSPS) is 16.3. The van der Waals surface area contributed by atoms with E-state index in [0.29, 0.717) is 19.6 Å². The van der Waals surface area contributed by atoms with Gasteiger partial charge in [0, 0.05) is 43.5 Å². The molecule has 2 aromatic carbocycles. The van der Waals surface area contributed by atoms with Crippen molar-refractivity contribution < 1.29 is 4.79 Å². The Hall–Kier alpha value is -3.31. The predicted octanol–water partition coefficient (Wildman–Crippen LogP) is 7.71. The first-order valence-electron chi connectivity index (χ1n) is 15.3. The van der Waals surface area contributed by atoms with Crippen LogP contribution in [0.3, 0.4) is 0 Å². The lowest BCUT2D eigenvalue weighted by Crippen LogP contribution is -2.37. The zero-order valence-electron chi connectivity index (χ0n) is 24.7. The van der Waals surface area contributed by atoms with Crippen molar-refractivity contribution in [2.75, 3.05) is 13.1 Å². The molecule has 0 radical (unpaired) electrons. The molecule has 4 rings (SSSR count). The molecule has 1 aliphatic rings. The van der Waals surface area contributed by atoms with E-state index < -0.39 is 0 Å². The fourth-order valence-electron chi connectivity index (χ4n) is 5.22. The van der Waals surface area contributed by atoms with Gasteiger partial charge in [-0.2, -0.15) is 0 Å². The number of Topliss-reactive ketones (excluding diaryl/α,β-unsaturated/α-hetero) is 1. The minimum Gasteiger partial charge on any atom is -0.289 e. The van der Waals surface area contributed by atoms with Gasteiger partial charge in [0.2, 0.25) is 0 Å². The average molecular weight is 539 g/mol. The maximum absolute atomic E-state index is 13.7. The third kappa shape index (κ3) is 8.85. The van der Waals surface area contributed by atoms with E-state index in [0.717, 1.165) is 53.8 Å². The maximum Gasteiger partial charge on any atom is 0.187 e. The summed E-state index contributed by atoms with van der Waals surface area (Å²) in [6, 6.07) is 17.4. The van der Waals surface area contributed by atoms with Crippen LogP contribution in [0, 0.1) is 0 Å². The van der Waals surface area contributed by atoms with E-state index >= 15 is 0 Å². The van der Waals surface area contributed by atoms with Crippen molar-refractivity contribution in [2.24, 2.45) is 0 Å². The first kappa shape index (κ1) is 29.7. The van der Waals surface area contributed by atoms with Gasteiger partial charge in [0.25, 0.3) is 0 Å². The number of carbonyl (C=O) groups excluding carboxylic acids is 1. The zero-order valence-corrected chi connectivity index (χ0v) is 24.7. The Morgan fingerprint density at radius 3 is 1.75 bits per heavy atom. The van der Waals surface area contributed by atoms with Gasteiger partial charge in [-0.25, -0.2) is 0 Å². The number of aryl methyl sites for hydroxylation is 3. The fraction of sp³-hybridized carbons (Fsp3) is 0.457. The molecule has 1 fully saturated rings. The van der Waals surface area contributed by atoms with Gasteiger partial charge in [-0.05, 0) is 66.5 Å². The molecular formula is C35H46N4O. The fourth-order valence-corrected chi connectivity index (χ4v) is 5.22. The summed E-state index contributed by atoms with van der Waals surface area (Å²) in [5.74, 6) is 0.143. The second-order valence-electron chi connectivity index (χ2n) is 11.2. The van der Waals surface area contributed by atoms with E-state index in [-0.39, 0.29) is 5.78 Å². The van der Waals surface area contributed by atoms with E-state index in [1.54, 1.807) is 0 Å². The summed E-state index contributed by atoms with van der Waals surface area (Å²) in [6.45, 7) is 9.43. The Balaban J connectivity index is 1.55. The lowest BCUT2D eigenvalue weighted by atomic mass is 9.93. The lowest BCUT2D eigenvalue weighted by Gasteiger charge is -2.29. The SMILES string of the molecule is CCCCCn1cc(CN2CC(=Cc3ccc(CCCC)cc3)C(=O)C(=Cc3ccc(CCCC)cc3)C2)nn1. The van der Waals surface area contributed by atoms with Crippen molar-refractivity contribution >= 4 is 17.9 Å². The molecule has 0 unspecified atom stereocenters. The number of aromatic nitrogens is 3. The summed E-state index contributed by atoms with van der Waals surface area (Å²) in [7, 11) is 0. The van der Waals surface area contributed by atoms with Crippen LogP contribution in [0.1, 0.15) is 93.7 Å². The molecule has 5 nitrogen and oxygen atoms in total. The molecule has 0 atom stereocenters. The summed E-state index contributed by atoms with van der Waals surface area (Å²) in [4.78, 5) is 16.0. The van der Waals surface area contributed by atoms with E-state index in [9.17, 15) is 4.79 Å². The monoisotopic (exact) mass is 538 g/mol. The Labute approximate surface area is 241 Å². The van der Waals surface area contributed by atoms with Crippen LogP contribution >= 0.6 is 0 Å². The maximum atomic E-state index is 13.7. The van der Waals surface area contributed by atoms with Crippen molar-refractivity contribution in [1.29, 1.82) is 0 Å². The first-order valence-corrected chi connectivity index (χ1v) is 15.3. The van der Waals surface area contributed by atoms with Gasteiger partial charge in [0.1, 0.15) is 0 Å². The highest BCUT2D eigenvalue weighted by atomic mass is 16.1. The number of rotatable bonds is 14. The highest BCUT2D eigenvalue weighted by Crippen LogP contribution is 2.24. The molecule has 1 aromatic heterocycles. The summed E-state index contributed by atoms with van der Waals surface area (Å²) < 4.78 is 1.95. The molecule has 0 aliphatic carbocycles. The largest absolute Gasteiger partial charge is 0.289 e. The Morgan fingerprint density at radius 1 is 0.725 bits per heavy atom. The van der Waals surface area contributed by atoms with Crippen LogP contribution in [0.4, 0.5) is 0 Å². The average Bonchev–Trinajstić information content (AvgIpc) is 3.41. The molecule has 1 aliphatic heterocycles. The third-order valence-electron chi connectivity index (χ3n) is 7.61. The molecule has 0 amide bonds. The van der Waals surface area contributed by atoms with E-state index in [4.69, 9.17) is 0 Å². The minimum absolute atomic E-state index is 0.143. The molecule has 212 valence electrons. The smallest absolute Gasteiger partial charge is 0.187 e. The second kappa shape index (κ2) is 15.5. The Bertz CT molecular complexity index is 1190. The number of carbonyl (C=O) groups is 1. The molecule has 40 heavy (non-hydrogen) atoms. The highest BCUT2D eigenvalue weighted by Gasteiger charge is 2.27. The van der Waals surface area contributed by atoms with Crippen molar-refractivity contribution in [3.63, 3.8) is 0 Å². The van der Waals surface area contributed by atoms with Crippen LogP contribution in [0.15, 0.2) is 65.9 Å². The topological polar surface area (TPSA) is 51.0 Å². The molecule has 2 heterocycles. The molecule has 0 N–H and O–H groups in total. The van der Waals surface area contributed by atoms with Crippen LogP contribution in [0.5, 0.6) is 0 Å². The molecule has 3 aromatic rings. The van der Waals surface area contributed by atoms with Gasteiger partial charge >= 0.3 is 0 Å². The number of piperidine rings is 1. The van der Waals surface area contributed by atoms with Gasteiger partial charge in [0.15, 0.2) is 5.78 Å². The molecule has 0 bridgehead atoms. The minimum atomic E-state index is 0.143. The number of ketones is 1. The van der Waals surface area contributed by atoms with Crippen molar-refractivity contribution in [2.45, 2.75) is 91.6 Å². The van der Waals surface area contributed by atoms with Gasteiger partial charge in [-0.3, -0.25) is 14.4 Å². The number of likely N-dealkylation sites (tertiary alicyclic amines) is 1. The van der Waals surface area contributed by atoms with E-state index in [1.807, 2.05) is 4.68 Å². The Morgan fingerprint density at radius 2 is 1.25 bits per heavy atom. The first-order chi connectivity index (χ1) is 19.6. The van der Waals surface area contributed by atoms with Crippen LogP contribution in [0.2, 0.25) is 0 Å². The highest BCUT2D eigenvalue weighted by molar-refractivity contribution is 6.14. The van der Waals surface area contributed by atoms with Crippen LogP contribution < -0.4 is 0 Å². The number of hydrogen-bond acceptors (Lipinski definition) is 4. The zero-order chi connectivity index (χ0) is 28.2. The van der Waals surface area contributed by atoms with Gasteiger partial charge in [-0.15, -0.1) is 5.10 Å². The van der Waals surface area contributed by atoms with Crippen molar-refractivity contribution in [3.05, 3.63) is 93.8 Å². The summed E-state index contributed by atoms with van der Waals surface area (Å²) in [5.41, 5.74) is 7.46. The number of nitrogens with zero attached hydrogens (tertiary/aromatic N) is 4. The number of benzene rings is 2. The molecule has 5 heteroatoms. The Kier molecular flexibility index (Phi) is 11.5. The number of hydrogen-bond donors (Lipinski definition) is 0. The molecule has 0 spiro atoms. The quantitative estimate of drug-likeness (QED) is 0.156. The van der Waals surface area contributed by atoms with Crippen molar-refractivity contribution in [3.8, 4) is 0 Å². The summed E-state index contributed by atoms with van der Waals surface area (Å²) in [5, 5.41) is 8.79. The predicted molar refractivity (Wildman–Crippen MR) is 166 cm³/mol. The van der Waals surface area contributed by atoms with E-state index in [1.165, 1.54) is 49.7 Å². The molecule has 0 saturated carbocycles. The lowest BCUT2D eigenvalue weighted by molar-refractivity contribution is -0.113. The van der Waals surface area contributed by atoms with Crippen LogP contribution in [-0.2, 0) is 30.7 Å². The van der Waals surface area contributed by atoms with Crippen LogP contribution in [-0.4, -0.2) is 38.8 Å². The van der Waals surface area contributed by atoms with Gasteiger partial charge < -0.3 is 0 Å². The second-order valence-corrected chi connectivity index (χ2v) is 11.2. The standard InChI is InChI=1S/C35H46N4O/c1-4-7-10-21-39-27-34(36-37-39)26-38-24-32(22-30-17-13-28(14-18-30)11-8-5-2)35(40)33(25-38)23-31-19-15-29(16-20-31)12-9-6-3/h13-20,22-23,27H,4-12,21,24-26H2,1-3H3. The summed E-state index contributed by atoms with van der Waals surface area (Å²) >= 11 is 0. The molecule has 1 saturated heterocycles. The van der Waals surface area contributed by atoms with E-state index in [2.05, 4.69) is 103 Å². The van der Waals surface area contributed by atoms with Gasteiger partial charge in [-0.1, -0.05) is 100 Å².